The molecule has 0 radical (unpaired) electrons. The first-order valence-electron chi connectivity index (χ1n) is 7.81. The predicted octanol–water partition coefficient (Wildman–Crippen LogP) is 4.26. The minimum absolute atomic E-state index is 0.0347. The van der Waals surface area contributed by atoms with Crippen LogP contribution in [0.1, 0.15) is 5.56 Å². The van der Waals surface area contributed by atoms with Gasteiger partial charge in [0.1, 0.15) is 11.2 Å². The molecule has 1 heterocycles. The van der Waals surface area contributed by atoms with Crippen molar-refractivity contribution in [1.82, 2.24) is 0 Å². The maximum atomic E-state index is 12.0. The summed E-state index contributed by atoms with van der Waals surface area (Å²) in [6, 6.07) is 23.7. The summed E-state index contributed by atoms with van der Waals surface area (Å²) in [5.74, 6) is -0.786. The molecule has 25 heavy (non-hydrogen) atoms. The standard InChI is InChI=1S/C13H8O2.C8H8O2/c14-13-9-5-1-3-7-11(9)15-12-8-4-2-6-10(12)13;9-8(10)6-7-4-2-1-3-5-7/h1-8H;1-5H,6H2,(H,9,10). The van der Waals surface area contributed by atoms with E-state index >= 15 is 0 Å². The van der Waals surface area contributed by atoms with Crippen molar-refractivity contribution < 1.29 is 14.3 Å². The molecular formula is C21H16O4. The number of rotatable bonds is 2. The summed E-state index contributed by atoms with van der Waals surface area (Å²) in [4.78, 5) is 22.2. The molecule has 124 valence electrons. The Labute approximate surface area is 144 Å². The Balaban J connectivity index is 0.000000160. The van der Waals surface area contributed by atoms with Crippen molar-refractivity contribution in [3.05, 3.63) is 94.6 Å². The lowest BCUT2D eigenvalue weighted by Gasteiger charge is -1.99. The lowest BCUT2D eigenvalue weighted by atomic mass is 10.1. The fraction of sp³-hybridized carbons (Fsp3) is 0.0476. The van der Waals surface area contributed by atoms with Gasteiger partial charge >= 0.3 is 5.97 Å². The fourth-order valence-electron chi connectivity index (χ4n) is 2.52. The molecule has 0 atom stereocenters. The van der Waals surface area contributed by atoms with Gasteiger partial charge in [-0.15, -0.1) is 0 Å². The number of carboxylic acids is 1. The molecule has 4 heteroatoms. The maximum Gasteiger partial charge on any atom is 0.307 e. The van der Waals surface area contributed by atoms with Gasteiger partial charge in [0.25, 0.3) is 0 Å². The average Bonchev–Trinajstić information content (AvgIpc) is 2.63. The van der Waals surface area contributed by atoms with E-state index in [4.69, 9.17) is 9.52 Å². The first-order chi connectivity index (χ1) is 12.1. The summed E-state index contributed by atoms with van der Waals surface area (Å²) >= 11 is 0. The molecular weight excluding hydrogens is 316 g/mol. The van der Waals surface area contributed by atoms with Crippen LogP contribution in [0.3, 0.4) is 0 Å². The van der Waals surface area contributed by atoms with Crippen molar-refractivity contribution >= 4 is 27.9 Å². The zero-order valence-corrected chi connectivity index (χ0v) is 13.4. The van der Waals surface area contributed by atoms with Crippen molar-refractivity contribution in [2.24, 2.45) is 0 Å². The Morgan fingerprint density at radius 3 is 1.76 bits per heavy atom. The van der Waals surface area contributed by atoms with Crippen molar-refractivity contribution in [1.29, 1.82) is 0 Å². The first-order valence-corrected chi connectivity index (χ1v) is 7.81. The summed E-state index contributed by atoms with van der Waals surface area (Å²) < 4.78 is 5.63. The Morgan fingerprint density at radius 2 is 1.24 bits per heavy atom. The summed E-state index contributed by atoms with van der Waals surface area (Å²) in [7, 11) is 0. The molecule has 3 aromatic carbocycles. The lowest BCUT2D eigenvalue weighted by molar-refractivity contribution is -0.136. The van der Waals surface area contributed by atoms with Crippen LogP contribution < -0.4 is 5.43 Å². The van der Waals surface area contributed by atoms with Gasteiger partial charge in [0.15, 0.2) is 0 Å². The van der Waals surface area contributed by atoms with Crippen molar-refractivity contribution in [3.63, 3.8) is 0 Å². The Morgan fingerprint density at radius 1 is 0.760 bits per heavy atom. The molecule has 0 aliphatic rings. The molecule has 4 rings (SSSR count). The van der Waals surface area contributed by atoms with Gasteiger partial charge in [-0.3, -0.25) is 9.59 Å². The van der Waals surface area contributed by atoms with Gasteiger partial charge in [-0.2, -0.15) is 0 Å². The predicted molar refractivity (Wildman–Crippen MR) is 97.8 cm³/mol. The van der Waals surface area contributed by atoms with Crippen LogP contribution in [0, 0.1) is 0 Å². The van der Waals surface area contributed by atoms with E-state index in [1.165, 1.54) is 0 Å². The van der Waals surface area contributed by atoms with Gasteiger partial charge in [-0.05, 0) is 29.8 Å². The van der Waals surface area contributed by atoms with Gasteiger partial charge in [0.2, 0.25) is 5.43 Å². The number of hydrogen-bond donors (Lipinski definition) is 1. The largest absolute Gasteiger partial charge is 0.481 e. The van der Waals surface area contributed by atoms with Gasteiger partial charge in [-0.25, -0.2) is 0 Å². The third-order valence-electron chi connectivity index (χ3n) is 3.68. The minimum Gasteiger partial charge on any atom is -0.481 e. The van der Waals surface area contributed by atoms with Crippen molar-refractivity contribution in [3.8, 4) is 0 Å². The number of aliphatic carboxylic acids is 1. The summed E-state index contributed by atoms with van der Waals surface area (Å²) in [6.07, 6.45) is 0.112. The van der Waals surface area contributed by atoms with E-state index < -0.39 is 5.97 Å². The molecule has 1 aromatic heterocycles. The number of fused-ring (bicyclic) bond motifs is 2. The fourth-order valence-corrected chi connectivity index (χ4v) is 2.52. The molecule has 0 spiro atoms. The highest BCUT2D eigenvalue weighted by Gasteiger charge is 2.05. The number of carbonyl (C=O) groups is 1. The summed E-state index contributed by atoms with van der Waals surface area (Å²) in [5, 5.41) is 9.64. The van der Waals surface area contributed by atoms with E-state index in [2.05, 4.69) is 0 Å². The summed E-state index contributed by atoms with van der Waals surface area (Å²) in [5.41, 5.74) is 2.16. The van der Waals surface area contributed by atoms with E-state index in [1.807, 2.05) is 54.6 Å². The second-order valence-electron chi connectivity index (χ2n) is 5.48. The van der Waals surface area contributed by atoms with Crippen LogP contribution in [0.4, 0.5) is 0 Å². The lowest BCUT2D eigenvalue weighted by Crippen LogP contribution is -2.01. The van der Waals surface area contributed by atoms with Gasteiger partial charge in [0, 0.05) is 0 Å². The Hall–Kier alpha value is -3.40. The van der Waals surface area contributed by atoms with E-state index in [9.17, 15) is 9.59 Å². The average molecular weight is 332 g/mol. The molecule has 0 saturated carbocycles. The zero-order valence-electron chi connectivity index (χ0n) is 13.4. The second kappa shape index (κ2) is 7.45. The van der Waals surface area contributed by atoms with Crippen LogP contribution in [0.25, 0.3) is 21.9 Å². The SMILES string of the molecule is O=C(O)Cc1ccccc1.O=c1c2ccccc2oc2ccccc12. The smallest absolute Gasteiger partial charge is 0.307 e. The van der Waals surface area contributed by atoms with Gasteiger partial charge in [0.05, 0.1) is 17.2 Å². The zero-order chi connectivity index (χ0) is 17.6. The van der Waals surface area contributed by atoms with Crippen molar-refractivity contribution in [2.45, 2.75) is 6.42 Å². The van der Waals surface area contributed by atoms with Crippen LogP contribution in [0.15, 0.2) is 88.1 Å². The van der Waals surface area contributed by atoms with E-state index in [-0.39, 0.29) is 11.8 Å². The van der Waals surface area contributed by atoms with E-state index in [0.717, 1.165) is 5.56 Å². The monoisotopic (exact) mass is 332 g/mol. The number of para-hydroxylation sites is 2. The van der Waals surface area contributed by atoms with Crippen LogP contribution in [0.2, 0.25) is 0 Å². The van der Waals surface area contributed by atoms with Crippen LogP contribution in [0.5, 0.6) is 0 Å². The second-order valence-corrected chi connectivity index (χ2v) is 5.48. The molecule has 0 fully saturated rings. The molecule has 4 aromatic rings. The molecule has 0 unspecified atom stereocenters. The van der Waals surface area contributed by atoms with E-state index in [1.54, 1.807) is 24.3 Å². The van der Waals surface area contributed by atoms with Crippen LogP contribution >= 0.6 is 0 Å². The minimum atomic E-state index is -0.786. The number of hydrogen-bond acceptors (Lipinski definition) is 3. The van der Waals surface area contributed by atoms with Gasteiger partial charge in [-0.1, -0.05) is 54.6 Å². The molecule has 0 aliphatic carbocycles. The first kappa shape index (κ1) is 16.5. The molecule has 0 amide bonds. The molecule has 0 saturated heterocycles. The maximum absolute atomic E-state index is 12.0. The molecule has 1 N–H and O–H groups in total. The highest BCUT2D eigenvalue weighted by molar-refractivity contribution is 5.89. The molecule has 0 bridgehead atoms. The van der Waals surface area contributed by atoms with Gasteiger partial charge < -0.3 is 9.52 Å². The molecule has 0 aliphatic heterocycles. The molecule has 4 nitrogen and oxygen atoms in total. The Bertz CT molecular complexity index is 1010. The highest BCUT2D eigenvalue weighted by Crippen LogP contribution is 2.17. The normalized spacial score (nSPS) is 10.2. The summed E-state index contributed by atoms with van der Waals surface area (Å²) in [6.45, 7) is 0. The number of benzene rings is 3. The third kappa shape index (κ3) is 3.93. The quantitative estimate of drug-likeness (QED) is 0.557. The van der Waals surface area contributed by atoms with E-state index in [0.29, 0.717) is 21.9 Å². The number of carboxylic acid groups (broad SMARTS) is 1. The highest BCUT2D eigenvalue weighted by atomic mass is 16.4. The topological polar surface area (TPSA) is 67.5 Å². The Kier molecular flexibility index (Phi) is 4.90. The van der Waals surface area contributed by atoms with Crippen molar-refractivity contribution in [2.75, 3.05) is 0 Å². The third-order valence-corrected chi connectivity index (χ3v) is 3.68. The van der Waals surface area contributed by atoms with Crippen LogP contribution in [-0.2, 0) is 11.2 Å². The van der Waals surface area contributed by atoms with Crippen LogP contribution in [-0.4, -0.2) is 11.1 Å².